The lowest BCUT2D eigenvalue weighted by atomic mass is 9.98. The fourth-order valence-corrected chi connectivity index (χ4v) is 2.85. The van der Waals surface area contributed by atoms with Gasteiger partial charge in [-0.25, -0.2) is 0 Å². The lowest BCUT2D eigenvalue weighted by Gasteiger charge is -2.22. The van der Waals surface area contributed by atoms with Crippen molar-refractivity contribution in [1.29, 1.82) is 0 Å². The number of nitrogens with zero attached hydrogens (tertiary/aromatic N) is 1. The summed E-state index contributed by atoms with van der Waals surface area (Å²) >= 11 is 0. The first-order chi connectivity index (χ1) is 9.44. The van der Waals surface area contributed by atoms with E-state index < -0.39 is 5.60 Å². The Balaban J connectivity index is 1.78. The highest BCUT2D eigenvalue weighted by atomic mass is 16.5. The molecule has 1 aliphatic rings. The van der Waals surface area contributed by atoms with Gasteiger partial charge in [0.2, 0.25) is 0 Å². The van der Waals surface area contributed by atoms with Crippen molar-refractivity contribution in [2.45, 2.75) is 45.6 Å². The number of rotatable bonds is 4. The molecule has 112 valence electrons. The monoisotopic (exact) mass is 277 g/mol. The van der Waals surface area contributed by atoms with Gasteiger partial charge in [-0.3, -0.25) is 4.90 Å². The topological polar surface area (TPSA) is 32.7 Å². The van der Waals surface area contributed by atoms with Crippen LogP contribution < -0.4 is 4.74 Å². The lowest BCUT2D eigenvalue weighted by molar-refractivity contribution is 0.0442. The predicted octanol–water partition coefficient (Wildman–Crippen LogP) is 2.92. The summed E-state index contributed by atoms with van der Waals surface area (Å²) in [6, 6.07) is 6.32. The van der Waals surface area contributed by atoms with Crippen molar-refractivity contribution < 1.29 is 9.84 Å². The van der Waals surface area contributed by atoms with E-state index in [0.717, 1.165) is 44.6 Å². The molecule has 0 radical (unpaired) electrons. The molecule has 1 saturated heterocycles. The molecule has 3 nitrogen and oxygen atoms in total. The molecule has 0 bridgehead atoms. The number of aliphatic hydroxyl groups is 1. The summed E-state index contributed by atoms with van der Waals surface area (Å²) < 4.78 is 5.86. The normalized spacial score (nSPS) is 24.4. The van der Waals surface area contributed by atoms with Crippen molar-refractivity contribution in [2.75, 3.05) is 26.2 Å². The van der Waals surface area contributed by atoms with Crippen LogP contribution in [0.15, 0.2) is 18.2 Å². The average molecular weight is 277 g/mol. The zero-order valence-electron chi connectivity index (χ0n) is 13.0. The number of likely N-dealkylation sites (tertiary alicyclic amines) is 1. The van der Waals surface area contributed by atoms with E-state index in [9.17, 15) is 5.11 Å². The highest BCUT2D eigenvalue weighted by Gasteiger charge is 2.24. The third-order valence-corrected chi connectivity index (χ3v) is 4.03. The number of benzene rings is 1. The fourth-order valence-electron chi connectivity index (χ4n) is 2.85. The van der Waals surface area contributed by atoms with Crippen LogP contribution in [0.1, 0.15) is 37.3 Å². The van der Waals surface area contributed by atoms with Gasteiger partial charge in [0.15, 0.2) is 0 Å². The molecular weight excluding hydrogens is 250 g/mol. The van der Waals surface area contributed by atoms with Crippen LogP contribution in [0, 0.1) is 13.8 Å². The molecule has 0 saturated carbocycles. The first kappa shape index (κ1) is 15.3. The van der Waals surface area contributed by atoms with E-state index in [1.807, 2.05) is 6.92 Å². The Morgan fingerprint density at radius 1 is 1.15 bits per heavy atom. The van der Waals surface area contributed by atoms with Crippen LogP contribution >= 0.6 is 0 Å². The molecule has 1 heterocycles. The summed E-state index contributed by atoms with van der Waals surface area (Å²) in [5, 5.41) is 10.1. The maximum atomic E-state index is 10.1. The largest absolute Gasteiger partial charge is 0.492 e. The van der Waals surface area contributed by atoms with Crippen LogP contribution in [0.5, 0.6) is 5.75 Å². The summed E-state index contributed by atoms with van der Waals surface area (Å²) in [6.45, 7) is 9.81. The van der Waals surface area contributed by atoms with E-state index >= 15 is 0 Å². The number of aryl methyl sites for hydroxylation is 2. The minimum atomic E-state index is -0.483. The molecule has 3 heteroatoms. The molecular formula is C17H27NO2. The van der Waals surface area contributed by atoms with E-state index in [0.29, 0.717) is 6.61 Å². The fraction of sp³-hybridized carbons (Fsp3) is 0.647. The third kappa shape index (κ3) is 4.80. The Morgan fingerprint density at radius 2 is 1.85 bits per heavy atom. The summed E-state index contributed by atoms with van der Waals surface area (Å²) in [4.78, 5) is 2.39. The van der Waals surface area contributed by atoms with Crippen LogP contribution in [0.25, 0.3) is 0 Å². The minimum Gasteiger partial charge on any atom is -0.492 e. The van der Waals surface area contributed by atoms with E-state index in [1.54, 1.807) is 0 Å². The second-order valence-electron chi connectivity index (χ2n) is 6.36. The summed E-state index contributed by atoms with van der Waals surface area (Å²) in [5.41, 5.74) is 2.00. The first-order valence-electron chi connectivity index (χ1n) is 7.60. The van der Waals surface area contributed by atoms with Gasteiger partial charge in [0.25, 0.3) is 0 Å². The van der Waals surface area contributed by atoms with E-state index in [2.05, 4.69) is 36.9 Å². The molecule has 0 spiro atoms. The zero-order valence-corrected chi connectivity index (χ0v) is 13.0. The molecule has 1 fully saturated rings. The van der Waals surface area contributed by atoms with E-state index in [-0.39, 0.29) is 0 Å². The lowest BCUT2D eigenvalue weighted by Crippen LogP contribution is -2.31. The average Bonchev–Trinajstić information content (AvgIpc) is 2.50. The quantitative estimate of drug-likeness (QED) is 0.918. The van der Waals surface area contributed by atoms with Crippen molar-refractivity contribution in [1.82, 2.24) is 4.90 Å². The van der Waals surface area contributed by atoms with Gasteiger partial charge in [0.1, 0.15) is 12.4 Å². The molecule has 2 rings (SSSR count). The molecule has 0 aromatic heterocycles. The predicted molar refractivity (Wildman–Crippen MR) is 82.3 cm³/mol. The van der Waals surface area contributed by atoms with Crippen molar-refractivity contribution in [3.05, 3.63) is 29.3 Å². The number of hydrogen-bond donors (Lipinski definition) is 1. The molecule has 20 heavy (non-hydrogen) atoms. The molecule has 1 N–H and O–H groups in total. The Labute approximate surface area is 122 Å². The van der Waals surface area contributed by atoms with Crippen molar-refractivity contribution in [3.8, 4) is 5.75 Å². The van der Waals surface area contributed by atoms with Gasteiger partial charge < -0.3 is 9.84 Å². The Hall–Kier alpha value is -1.06. The SMILES string of the molecule is Cc1cc(C)cc(OCCN2CCCC(C)(O)CC2)c1. The highest BCUT2D eigenvalue weighted by molar-refractivity contribution is 5.32. The van der Waals surface area contributed by atoms with Gasteiger partial charge in [-0.15, -0.1) is 0 Å². The molecule has 1 unspecified atom stereocenters. The summed E-state index contributed by atoms with van der Waals surface area (Å²) in [5.74, 6) is 0.962. The van der Waals surface area contributed by atoms with E-state index in [1.165, 1.54) is 11.1 Å². The third-order valence-electron chi connectivity index (χ3n) is 4.03. The van der Waals surface area contributed by atoms with Gasteiger partial charge in [0.05, 0.1) is 5.60 Å². The standard InChI is InChI=1S/C17H27NO2/c1-14-11-15(2)13-16(12-14)20-10-9-18-7-4-5-17(3,19)6-8-18/h11-13,19H,4-10H2,1-3H3. The van der Waals surface area contributed by atoms with Crippen LogP contribution in [0.4, 0.5) is 0 Å². The Morgan fingerprint density at radius 3 is 2.55 bits per heavy atom. The van der Waals surface area contributed by atoms with Crippen molar-refractivity contribution in [3.63, 3.8) is 0 Å². The maximum Gasteiger partial charge on any atom is 0.119 e. The second-order valence-corrected chi connectivity index (χ2v) is 6.36. The van der Waals surface area contributed by atoms with Gasteiger partial charge in [0, 0.05) is 13.1 Å². The van der Waals surface area contributed by atoms with Crippen molar-refractivity contribution in [2.24, 2.45) is 0 Å². The first-order valence-corrected chi connectivity index (χ1v) is 7.60. The summed E-state index contributed by atoms with van der Waals surface area (Å²) in [7, 11) is 0. The number of ether oxygens (including phenoxy) is 1. The number of hydrogen-bond acceptors (Lipinski definition) is 3. The molecule has 0 aliphatic carbocycles. The molecule has 1 aromatic carbocycles. The summed E-state index contributed by atoms with van der Waals surface area (Å²) in [6.07, 6.45) is 2.83. The Bertz CT molecular complexity index is 422. The van der Waals surface area contributed by atoms with Gasteiger partial charge in [-0.2, -0.15) is 0 Å². The minimum absolute atomic E-state index is 0.483. The van der Waals surface area contributed by atoms with E-state index in [4.69, 9.17) is 4.74 Å². The van der Waals surface area contributed by atoms with Gasteiger partial charge >= 0.3 is 0 Å². The van der Waals surface area contributed by atoms with Crippen molar-refractivity contribution >= 4 is 0 Å². The smallest absolute Gasteiger partial charge is 0.119 e. The highest BCUT2D eigenvalue weighted by Crippen LogP contribution is 2.21. The van der Waals surface area contributed by atoms with Crippen LogP contribution in [0.3, 0.4) is 0 Å². The van der Waals surface area contributed by atoms with Crippen LogP contribution in [-0.2, 0) is 0 Å². The maximum absolute atomic E-state index is 10.1. The van der Waals surface area contributed by atoms with Crippen LogP contribution in [0.2, 0.25) is 0 Å². The molecule has 1 aliphatic heterocycles. The molecule has 1 atom stereocenters. The molecule has 1 aromatic rings. The molecule has 0 amide bonds. The second kappa shape index (κ2) is 6.59. The van der Waals surface area contributed by atoms with Gasteiger partial charge in [-0.1, -0.05) is 6.07 Å². The zero-order chi connectivity index (χ0) is 14.6. The Kier molecular flexibility index (Phi) is 5.06. The van der Waals surface area contributed by atoms with Gasteiger partial charge in [-0.05, 0) is 69.8 Å². The van der Waals surface area contributed by atoms with Crippen LogP contribution in [-0.4, -0.2) is 41.8 Å².